The van der Waals surface area contributed by atoms with E-state index in [1.54, 1.807) is 7.11 Å². The van der Waals surface area contributed by atoms with Crippen molar-refractivity contribution in [2.24, 2.45) is 11.3 Å². The number of rotatable bonds is 3. The Balaban J connectivity index is 1.64. The Morgan fingerprint density at radius 3 is 2.59 bits per heavy atom. The molecule has 3 aliphatic rings. The van der Waals surface area contributed by atoms with Crippen LogP contribution in [0.25, 0.3) is 0 Å². The molecule has 2 heterocycles. The molecule has 3 fully saturated rings. The minimum Gasteiger partial charge on any atom is -0.444 e. The van der Waals surface area contributed by atoms with E-state index in [9.17, 15) is 4.79 Å². The van der Waals surface area contributed by atoms with Gasteiger partial charge in [-0.25, -0.2) is 4.79 Å². The van der Waals surface area contributed by atoms with Crippen molar-refractivity contribution in [2.45, 2.75) is 39.0 Å². The number of likely N-dealkylation sites (tertiary alicyclic amines) is 1. The third kappa shape index (κ3) is 2.96. The third-order valence-electron chi connectivity index (χ3n) is 4.95. The molecule has 2 aliphatic heterocycles. The molecule has 0 N–H and O–H groups in total. The number of morpholine rings is 1. The summed E-state index contributed by atoms with van der Waals surface area (Å²) in [4.78, 5) is 16.5. The first-order chi connectivity index (χ1) is 10.4. The maximum Gasteiger partial charge on any atom is 0.410 e. The van der Waals surface area contributed by atoms with Gasteiger partial charge in [-0.15, -0.1) is 0 Å². The number of ether oxygens (including phenoxy) is 3. The average molecular weight is 312 g/mol. The first-order valence-electron chi connectivity index (χ1n) is 8.18. The van der Waals surface area contributed by atoms with E-state index in [-0.39, 0.29) is 17.7 Å². The molecule has 0 bridgehead atoms. The number of amides is 1. The average Bonchev–Trinajstić information content (AvgIpc) is 3.00. The molecule has 22 heavy (non-hydrogen) atoms. The highest BCUT2D eigenvalue weighted by molar-refractivity contribution is 5.69. The summed E-state index contributed by atoms with van der Waals surface area (Å²) in [5, 5.41) is 0. The number of hydrogen-bond donors (Lipinski definition) is 0. The maximum absolute atomic E-state index is 12.3. The predicted octanol–water partition coefficient (Wildman–Crippen LogP) is 1.55. The van der Waals surface area contributed by atoms with Crippen molar-refractivity contribution >= 4 is 6.09 Å². The number of piperidine rings is 1. The van der Waals surface area contributed by atoms with Crippen molar-refractivity contribution in [3.63, 3.8) is 0 Å². The van der Waals surface area contributed by atoms with Crippen LogP contribution in [-0.2, 0) is 14.2 Å². The van der Waals surface area contributed by atoms with E-state index in [4.69, 9.17) is 14.2 Å². The van der Waals surface area contributed by atoms with Gasteiger partial charge in [0.15, 0.2) is 0 Å². The van der Waals surface area contributed by atoms with Crippen LogP contribution in [0.1, 0.15) is 27.2 Å². The van der Waals surface area contributed by atoms with Gasteiger partial charge in [0.1, 0.15) is 11.8 Å². The van der Waals surface area contributed by atoms with Crippen molar-refractivity contribution in [3.8, 4) is 0 Å². The second-order valence-corrected chi connectivity index (χ2v) is 7.73. The molecule has 3 rings (SSSR count). The Morgan fingerprint density at radius 2 is 2.00 bits per heavy atom. The van der Waals surface area contributed by atoms with Crippen LogP contribution >= 0.6 is 0 Å². The van der Waals surface area contributed by atoms with E-state index >= 15 is 0 Å². The van der Waals surface area contributed by atoms with Gasteiger partial charge >= 0.3 is 6.09 Å². The smallest absolute Gasteiger partial charge is 0.410 e. The molecule has 1 unspecified atom stereocenters. The molecule has 1 amide bonds. The molecule has 2 saturated heterocycles. The second-order valence-electron chi connectivity index (χ2n) is 7.73. The van der Waals surface area contributed by atoms with Crippen molar-refractivity contribution in [3.05, 3.63) is 0 Å². The molecular weight excluding hydrogens is 284 g/mol. The first-order valence-corrected chi connectivity index (χ1v) is 8.18. The lowest BCUT2D eigenvalue weighted by Crippen LogP contribution is -2.50. The van der Waals surface area contributed by atoms with Crippen molar-refractivity contribution < 1.29 is 19.0 Å². The lowest BCUT2D eigenvalue weighted by molar-refractivity contribution is -0.115. The minimum absolute atomic E-state index is 0.0776. The van der Waals surface area contributed by atoms with Crippen molar-refractivity contribution in [1.82, 2.24) is 9.80 Å². The summed E-state index contributed by atoms with van der Waals surface area (Å²) >= 11 is 0. The Labute approximate surface area is 132 Å². The van der Waals surface area contributed by atoms with Crippen LogP contribution in [-0.4, -0.2) is 74.2 Å². The molecule has 3 atom stereocenters. The van der Waals surface area contributed by atoms with Crippen LogP contribution in [0.5, 0.6) is 0 Å². The molecule has 126 valence electrons. The van der Waals surface area contributed by atoms with E-state index in [0.29, 0.717) is 5.92 Å². The molecule has 0 aromatic heterocycles. The molecule has 1 saturated carbocycles. The fourth-order valence-corrected chi connectivity index (χ4v) is 3.93. The van der Waals surface area contributed by atoms with Crippen LogP contribution in [0.15, 0.2) is 0 Å². The van der Waals surface area contributed by atoms with E-state index in [2.05, 4.69) is 4.90 Å². The van der Waals surface area contributed by atoms with Gasteiger partial charge in [0, 0.05) is 38.7 Å². The molecule has 6 heteroatoms. The van der Waals surface area contributed by atoms with Gasteiger partial charge in [-0.05, 0) is 33.1 Å². The highest BCUT2D eigenvalue weighted by Crippen LogP contribution is 2.61. The van der Waals surface area contributed by atoms with Gasteiger partial charge in [-0.3, -0.25) is 4.90 Å². The van der Waals surface area contributed by atoms with Gasteiger partial charge < -0.3 is 19.1 Å². The molecular formula is C16H28N2O4. The zero-order valence-electron chi connectivity index (χ0n) is 14.1. The third-order valence-corrected chi connectivity index (χ3v) is 4.95. The Hall–Kier alpha value is -0.850. The van der Waals surface area contributed by atoms with Gasteiger partial charge in [-0.1, -0.05) is 0 Å². The summed E-state index contributed by atoms with van der Waals surface area (Å²) in [6.07, 6.45) is 1.02. The van der Waals surface area contributed by atoms with Crippen LogP contribution in [0.4, 0.5) is 4.79 Å². The Morgan fingerprint density at radius 1 is 1.32 bits per heavy atom. The monoisotopic (exact) mass is 312 g/mol. The highest BCUT2D eigenvalue weighted by atomic mass is 16.6. The summed E-state index contributed by atoms with van der Waals surface area (Å²) in [5.74, 6) is 0.535. The van der Waals surface area contributed by atoms with E-state index in [1.165, 1.54) is 0 Å². The highest BCUT2D eigenvalue weighted by Gasteiger charge is 2.66. The van der Waals surface area contributed by atoms with E-state index in [1.807, 2.05) is 25.7 Å². The molecule has 0 aromatic carbocycles. The van der Waals surface area contributed by atoms with Crippen LogP contribution in [0.2, 0.25) is 0 Å². The van der Waals surface area contributed by atoms with E-state index < -0.39 is 5.60 Å². The van der Waals surface area contributed by atoms with Gasteiger partial charge in [0.25, 0.3) is 0 Å². The largest absolute Gasteiger partial charge is 0.444 e. The van der Waals surface area contributed by atoms with Crippen LogP contribution in [0.3, 0.4) is 0 Å². The quantitative estimate of drug-likeness (QED) is 0.791. The topological polar surface area (TPSA) is 51.2 Å². The zero-order chi connectivity index (χ0) is 16.0. The minimum atomic E-state index is -0.443. The molecule has 0 aromatic rings. The zero-order valence-corrected chi connectivity index (χ0v) is 14.1. The molecule has 1 aliphatic carbocycles. The van der Waals surface area contributed by atoms with Crippen molar-refractivity contribution in [1.29, 1.82) is 0 Å². The number of hydrogen-bond acceptors (Lipinski definition) is 5. The molecule has 0 spiro atoms. The second kappa shape index (κ2) is 5.65. The number of carbonyl (C=O) groups excluding carboxylic acids is 1. The molecule has 6 nitrogen and oxygen atoms in total. The SMILES string of the molecule is COC(N1CCOCC1)[C@@]12C[C@@H]1CN(C(=O)OC(C)(C)C)C2. The Kier molecular flexibility index (Phi) is 4.12. The lowest BCUT2D eigenvalue weighted by atomic mass is 10.0. The predicted molar refractivity (Wildman–Crippen MR) is 81.5 cm³/mol. The fraction of sp³-hybridized carbons (Fsp3) is 0.938. The van der Waals surface area contributed by atoms with Gasteiger partial charge in [0.05, 0.1) is 13.2 Å². The van der Waals surface area contributed by atoms with Crippen LogP contribution < -0.4 is 0 Å². The number of nitrogens with zero attached hydrogens (tertiary/aromatic N) is 2. The summed E-state index contributed by atoms with van der Waals surface area (Å²) in [7, 11) is 1.78. The van der Waals surface area contributed by atoms with Gasteiger partial charge in [-0.2, -0.15) is 0 Å². The summed E-state index contributed by atoms with van der Waals surface area (Å²) < 4.78 is 16.8. The Bertz CT molecular complexity index is 430. The normalized spacial score (nSPS) is 33.5. The van der Waals surface area contributed by atoms with Crippen LogP contribution in [0, 0.1) is 11.3 Å². The molecule has 0 radical (unpaired) electrons. The number of fused-ring (bicyclic) bond motifs is 1. The fourth-order valence-electron chi connectivity index (χ4n) is 3.93. The summed E-state index contributed by atoms with van der Waals surface area (Å²) in [5.41, 5.74) is -0.356. The number of carbonyl (C=O) groups is 1. The lowest BCUT2D eigenvalue weighted by Gasteiger charge is -2.38. The maximum atomic E-state index is 12.3. The standard InChI is InChI=1S/C16H28N2O4/c1-15(2,3)22-14(19)18-10-12-9-16(12,11-18)13(20-4)17-5-7-21-8-6-17/h12-13H,5-11H2,1-4H3/t12-,13?,16-/m1/s1. The van der Waals surface area contributed by atoms with Gasteiger partial charge in [0.2, 0.25) is 0 Å². The first kappa shape index (κ1) is 16.0. The van der Waals surface area contributed by atoms with E-state index in [0.717, 1.165) is 45.8 Å². The summed E-state index contributed by atoms with van der Waals surface area (Å²) in [6, 6.07) is 0. The number of methoxy groups -OCH3 is 1. The van der Waals surface area contributed by atoms with Crippen molar-refractivity contribution in [2.75, 3.05) is 46.5 Å². The summed E-state index contributed by atoms with van der Waals surface area (Å²) in [6.45, 7) is 10.6.